The Balaban J connectivity index is 2.26. The van der Waals surface area contributed by atoms with Crippen LogP contribution < -0.4 is 5.32 Å². The fourth-order valence-corrected chi connectivity index (χ4v) is 2.09. The molecular weight excluding hydrogens is 250 g/mol. The summed E-state index contributed by atoms with van der Waals surface area (Å²) in [6, 6.07) is 16.4. The Morgan fingerprint density at radius 2 is 1.60 bits per heavy atom. The minimum absolute atomic E-state index is 0.0116. The van der Waals surface area contributed by atoms with Gasteiger partial charge in [0.2, 0.25) is 5.91 Å². The Bertz CT molecular complexity index is 620. The van der Waals surface area contributed by atoms with Crippen molar-refractivity contribution in [3.8, 4) is 0 Å². The maximum absolute atomic E-state index is 12.4. The number of hydrogen-bond acceptors (Lipinski definition) is 2. The Morgan fingerprint density at radius 1 is 0.950 bits per heavy atom. The zero-order valence-electron chi connectivity index (χ0n) is 11.6. The summed E-state index contributed by atoms with van der Waals surface area (Å²) in [5.74, 6) is -0.0974. The lowest BCUT2D eigenvalue weighted by Gasteiger charge is -2.13. The Hall–Kier alpha value is -2.42. The van der Waals surface area contributed by atoms with Crippen molar-refractivity contribution >= 4 is 11.7 Å². The molecule has 0 aromatic heterocycles. The molecule has 0 bridgehead atoms. The molecule has 0 saturated heterocycles. The normalized spacial score (nSPS) is 11.7. The van der Waals surface area contributed by atoms with Crippen LogP contribution in [-0.2, 0) is 4.79 Å². The molecule has 3 nitrogen and oxygen atoms in total. The van der Waals surface area contributed by atoms with E-state index < -0.39 is 0 Å². The van der Waals surface area contributed by atoms with Crippen LogP contribution in [0.2, 0.25) is 0 Å². The lowest BCUT2D eigenvalue weighted by atomic mass is 9.99. The lowest BCUT2D eigenvalue weighted by Crippen LogP contribution is -2.23. The van der Waals surface area contributed by atoms with Crippen LogP contribution in [-0.4, -0.2) is 11.7 Å². The summed E-state index contributed by atoms with van der Waals surface area (Å²) in [5, 5.41) is 2.81. The molecule has 0 fully saturated rings. The molecule has 2 aromatic rings. The second kappa shape index (κ2) is 6.15. The molecule has 102 valence electrons. The van der Waals surface area contributed by atoms with Gasteiger partial charge in [-0.1, -0.05) is 48.5 Å². The van der Waals surface area contributed by atoms with Crippen molar-refractivity contribution in [2.45, 2.75) is 19.9 Å². The number of carbonyl (C=O) groups excluding carboxylic acids is 2. The Labute approximate surface area is 118 Å². The van der Waals surface area contributed by atoms with E-state index in [1.54, 1.807) is 18.2 Å². The summed E-state index contributed by atoms with van der Waals surface area (Å²) in [7, 11) is 0. The smallest absolute Gasteiger partial charge is 0.217 e. The highest BCUT2D eigenvalue weighted by Crippen LogP contribution is 2.16. The van der Waals surface area contributed by atoms with Gasteiger partial charge in [-0.2, -0.15) is 0 Å². The van der Waals surface area contributed by atoms with E-state index in [9.17, 15) is 9.59 Å². The second-order valence-electron chi connectivity index (χ2n) is 4.74. The molecule has 0 heterocycles. The highest BCUT2D eigenvalue weighted by molar-refractivity contribution is 6.09. The standard InChI is InChI=1S/C17H17NO2/c1-12(18-13(2)19)15-9-6-10-16(11-15)17(20)14-7-4-3-5-8-14/h3-12H,1-2H3,(H,18,19)/t12-/m0/s1. The van der Waals surface area contributed by atoms with Gasteiger partial charge in [0, 0.05) is 18.1 Å². The van der Waals surface area contributed by atoms with Gasteiger partial charge in [0.1, 0.15) is 0 Å². The van der Waals surface area contributed by atoms with Crippen LogP contribution in [0.15, 0.2) is 54.6 Å². The van der Waals surface area contributed by atoms with Gasteiger partial charge in [-0.3, -0.25) is 9.59 Å². The Kier molecular flexibility index (Phi) is 4.31. The number of benzene rings is 2. The molecule has 0 aliphatic rings. The molecule has 0 aliphatic carbocycles. The van der Waals surface area contributed by atoms with E-state index in [4.69, 9.17) is 0 Å². The first kappa shape index (κ1) is 14.0. The molecule has 0 radical (unpaired) electrons. The van der Waals surface area contributed by atoms with Gasteiger partial charge in [-0.15, -0.1) is 0 Å². The number of carbonyl (C=O) groups is 2. The monoisotopic (exact) mass is 267 g/mol. The van der Waals surface area contributed by atoms with Crippen LogP contribution in [0, 0.1) is 0 Å². The van der Waals surface area contributed by atoms with Crippen LogP contribution in [0.1, 0.15) is 41.4 Å². The Morgan fingerprint density at radius 3 is 2.25 bits per heavy atom. The van der Waals surface area contributed by atoms with Crippen molar-refractivity contribution in [1.29, 1.82) is 0 Å². The highest BCUT2D eigenvalue weighted by atomic mass is 16.1. The molecule has 1 N–H and O–H groups in total. The van der Waals surface area contributed by atoms with Gasteiger partial charge in [0.25, 0.3) is 0 Å². The summed E-state index contributed by atoms with van der Waals surface area (Å²) < 4.78 is 0. The number of hydrogen-bond donors (Lipinski definition) is 1. The van der Waals surface area contributed by atoms with Crippen LogP contribution in [0.25, 0.3) is 0 Å². The van der Waals surface area contributed by atoms with Crippen molar-refractivity contribution in [3.05, 3.63) is 71.3 Å². The zero-order chi connectivity index (χ0) is 14.5. The van der Waals surface area contributed by atoms with Crippen molar-refractivity contribution in [2.24, 2.45) is 0 Å². The van der Waals surface area contributed by atoms with Crippen molar-refractivity contribution < 1.29 is 9.59 Å². The first-order valence-electron chi connectivity index (χ1n) is 6.54. The van der Waals surface area contributed by atoms with E-state index in [-0.39, 0.29) is 17.7 Å². The molecule has 1 atom stereocenters. The van der Waals surface area contributed by atoms with Gasteiger partial charge in [-0.05, 0) is 18.6 Å². The predicted octanol–water partition coefficient (Wildman–Crippen LogP) is 3.11. The number of nitrogens with one attached hydrogen (secondary N) is 1. The van der Waals surface area contributed by atoms with Crippen LogP contribution in [0.4, 0.5) is 0 Å². The highest BCUT2D eigenvalue weighted by Gasteiger charge is 2.12. The molecule has 1 amide bonds. The molecule has 2 aromatic carbocycles. The molecule has 0 unspecified atom stereocenters. The molecular formula is C17H17NO2. The van der Waals surface area contributed by atoms with E-state index in [0.717, 1.165) is 5.56 Å². The number of amides is 1. The van der Waals surface area contributed by atoms with Crippen molar-refractivity contribution in [1.82, 2.24) is 5.32 Å². The number of rotatable bonds is 4. The molecule has 0 spiro atoms. The molecule has 0 aliphatic heterocycles. The van der Waals surface area contributed by atoms with Crippen molar-refractivity contribution in [2.75, 3.05) is 0 Å². The van der Waals surface area contributed by atoms with Gasteiger partial charge in [0.15, 0.2) is 5.78 Å². The maximum atomic E-state index is 12.4. The summed E-state index contributed by atoms with van der Waals surface area (Å²) in [5.41, 5.74) is 2.21. The third kappa shape index (κ3) is 3.32. The van der Waals surface area contributed by atoms with E-state index >= 15 is 0 Å². The fourth-order valence-electron chi connectivity index (χ4n) is 2.09. The average molecular weight is 267 g/mol. The second-order valence-corrected chi connectivity index (χ2v) is 4.74. The van der Waals surface area contributed by atoms with E-state index in [1.807, 2.05) is 43.3 Å². The molecule has 2 rings (SSSR count). The van der Waals surface area contributed by atoms with Crippen LogP contribution in [0.3, 0.4) is 0 Å². The average Bonchev–Trinajstić information content (AvgIpc) is 2.47. The molecule has 20 heavy (non-hydrogen) atoms. The quantitative estimate of drug-likeness (QED) is 0.865. The first-order chi connectivity index (χ1) is 9.58. The summed E-state index contributed by atoms with van der Waals surface area (Å²) in [6.07, 6.45) is 0. The fraction of sp³-hybridized carbons (Fsp3) is 0.176. The lowest BCUT2D eigenvalue weighted by molar-refractivity contribution is -0.119. The third-order valence-electron chi connectivity index (χ3n) is 3.10. The minimum Gasteiger partial charge on any atom is -0.350 e. The topological polar surface area (TPSA) is 46.2 Å². The minimum atomic E-state index is -0.115. The van der Waals surface area contributed by atoms with Gasteiger partial charge >= 0.3 is 0 Å². The zero-order valence-corrected chi connectivity index (χ0v) is 11.6. The molecule has 0 saturated carbocycles. The van der Waals surface area contributed by atoms with E-state index in [0.29, 0.717) is 11.1 Å². The SMILES string of the molecule is CC(=O)N[C@@H](C)c1cccc(C(=O)c2ccccc2)c1. The van der Waals surface area contributed by atoms with Gasteiger partial charge < -0.3 is 5.32 Å². The largest absolute Gasteiger partial charge is 0.350 e. The number of ketones is 1. The summed E-state index contributed by atoms with van der Waals surface area (Å²) in [4.78, 5) is 23.4. The third-order valence-corrected chi connectivity index (χ3v) is 3.10. The van der Waals surface area contributed by atoms with Crippen LogP contribution >= 0.6 is 0 Å². The summed E-state index contributed by atoms with van der Waals surface area (Å²) >= 11 is 0. The maximum Gasteiger partial charge on any atom is 0.217 e. The predicted molar refractivity (Wildman–Crippen MR) is 78.5 cm³/mol. The van der Waals surface area contributed by atoms with E-state index in [2.05, 4.69) is 5.32 Å². The first-order valence-corrected chi connectivity index (χ1v) is 6.54. The molecule has 3 heteroatoms. The van der Waals surface area contributed by atoms with Gasteiger partial charge in [-0.25, -0.2) is 0 Å². The summed E-state index contributed by atoms with van der Waals surface area (Å²) in [6.45, 7) is 3.38. The van der Waals surface area contributed by atoms with Gasteiger partial charge in [0.05, 0.1) is 6.04 Å². The van der Waals surface area contributed by atoms with Crippen LogP contribution in [0.5, 0.6) is 0 Å². The van der Waals surface area contributed by atoms with Crippen molar-refractivity contribution in [3.63, 3.8) is 0 Å². The van der Waals surface area contributed by atoms with E-state index in [1.165, 1.54) is 6.92 Å².